The summed E-state index contributed by atoms with van der Waals surface area (Å²) in [5.74, 6) is 0.00229. The molecule has 10 heteroatoms. The standard InChI is InChI=1S/C27H40N6O3S.C2H6/c1-4-20-12-13-21(30-25(20)28-3)9-7-8-16-33(18-15-29-19(2)34)17-14-23(26(35)36)32-27-31-22-10-5-6-11-24(22)37-27;1-2/h6,11-13,23H,4-5,7-10,14-18H2,1-3H3,(H,28,30)(H,29,34)(H,31,32)(H,35,36);1-2H3. The molecule has 216 valence electrons. The van der Waals surface area contributed by atoms with E-state index >= 15 is 0 Å². The molecule has 0 saturated carbocycles. The highest BCUT2D eigenvalue weighted by Gasteiger charge is 2.21. The monoisotopic (exact) mass is 558 g/mol. The summed E-state index contributed by atoms with van der Waals surface area (Å²) in [5.41, 5.74) is 3.32. The van der Waals surface area contributed by atoms with Crippen molar-refractivity contribution in [3.05, 3.63) is 40.0 Å². The van der Waals surface area contributed by atoms with Gasteiger partial charge in [0.1, 0.15) is 11.9 Å². The number of carbonyl (C=O) groups excluding carboxylic acids is 1. The molecule has 0 radical (unpaired) electrons. The first-order chi connectivity index (χ1) is 18.9. The summed E-state index contributed by atoms with van der Waals surface area (Å²) in [7, 11) is 1.90. The Morgan fingerprint density at radius 3 is 2.62 bits per heavy atom. The number of nitrogens with one attached hydrogen (secondary N) is 3. The van der Waals surface area contributed by atoms with Crippen molar-refractivity contribution in [1.82, 2.24) is 20.2 Å². The molecule has 0 spiro atoms. The number of carboxylic acids is 1. The Bertz CT molecular complexity index is 1070. The second-order valence-electron chi connectivity index (χ2n) is 9.29. The average Bonchev–Trinajstić information content (AvgIpc) is 3.36. The van der Waals surface area contributed by atoms with Gasteiger partial charge in [0.2, 0.25) is 5.91 Å². The first kappa shape index (κ1) is 32.2. The molecule has 4 N–H and O–H groups in total. The maximum absolute atomic E-state index is 12.0. The minimum atomic E-state index is -0.882. The van der Waals surface area contributed by atoms with E-state index in [2.05, 4.69) is 57.0 Å². The fourth-order valence-electron chi connectivity index (χ4n) is 4.40. The third-order valence-electron chi connectivity index (χ3n) is 6.49. The normalized spacial score (nSPS) is 12.8. The Morgan fingerprint density at radius 1 is 1.15 bits per heavy atom. The molecule has 0 saturated heterocycles. The van der Waals surface area contributed by atoms with E-state index < -0.39 is 12.0 Å². The predicted octanol–water partition coefficient (Wildman–Crippen LogP) is 4.84. The van der Waals surface area contributed by atoms with Crippen LogP contribution in [0.4, 0.5) is 10.9 Å². The summed E-state index contributed by atoms with van der Waals surface area (Å²) in [6.45, 7) is 10.3. The number of pyridine rings is 1. The molecule has 0 bridgehead atoms. The van der Waals surface area contributed by atoms with Gasteiger partial charge in [-0.2, -0.15) is 0 Å². The van der Waals surface area contributed by atoms with Crippen molar-refractivity contribution in [3.8, 4) is 0 Å². The molecular formula is C29H46N6O3S. The number of aromatic nitrogens is 2. The largest absolute Gasteiger partial charge is 0.480 e. The maximum Gasteiger partial charge on any atom is 0.326 e. The van der Waals surface area contributed by atoms with Crippen molar-refractivity contribution < 1.29 is 14.7 Å². The molecule has 1 aliphatic rings. The van der Waals surface area contributed by atoms with Gasteiger partial charge < -0.3 is 26.0 Å². The van der Waals surface area contributed by atoms with Gasteiger partial charge in [-0.05, 0) is 69.2 Å². The summed E-state index contributed by atoms with van der Waals surface area (Å²) < 4.78 is 0. The molecule has 0 fully saturated rings. The molecule has 9 nitrogen and oxygen atoms in total. The number of fused-ring (bicyclic) bond motifs is 1. The zero-order valence-corrected chi connectivity index (χ0v) is 25.0. The minimum Gasteiger partial charge on any atom is -0.480 e. The van der Waals surface area contributed by atoms with E-state index in [-0.39, 0.29) is 5.91 Å². The Labute approximate surface area is 237 Å². The molecule has 1 atom stereocenters. The van der Waals surface area contributed by atoms with Gasteiger partial charge in [0, 0.05) is 39.3 Å². The summed E-state index contributed by atoms with van der Waals surface area (Å²) >= 11 is 1.51. The van der Waals surface area contributed by atoms with Crippen molar-refractivity contribution in [2.45, 2.75) is 78.7 Å². The minimum absolute atomic E-state index is 0.0613. The van der Waals surface area contributed by atoms with Gasteiger partial charge in [-0.1, -0.05) is 44.3 Å². The molecule has 1 unspecified atom stereocenters. The second kappa shape index (κ2) is 17.6. The third kappa shape index (κ3) is 11.0. The van der Waals surface area contributed by atoms with Crippen molar-refractivity contribution in [2.24, 2.45) is 0 Å². The third-order valence-corrected chi connectivity index (χ3v) is 7.48. The van der Waals surface area contributed by atoms with Crippen LogP contribution in [0.15, 0.2) is 18.2 Å². The number of aryl methyl sites for hydroxylation is 3. The number of unbranched alkanes of at least 4 members (excludes halogenated alkanes) is 1. The summed E-state index contributed by atoms with van der Waals surface area (Å²) in [5, 5.41) is 19.7. The molecule has 2 aromatic rings. The van der Waals surface area contributed by atoms with Gasteiger partial charge in [-0.25, -0.2) is 14.8 Å². The molecular weight excluding hydrogens is 512 g/mol. The summed E-state index contributed by atoms with van der Waals surface area (Å²) in [4.78, 5) is 36.0. The van der Waals surface area contributed by atoms with Crippen LogP contribution in [0.25, 0.3) is 6.08 Å². The molecule has 39 heavy (non-hydrogen) atoms. The van der Waals surface area contributed by atoms with Crippen LogP contribution in [0.2, 0.25) is 0 Å². The molecule has 2 heterocycles. The van der Waals surface area contributed by atoms with Gasteiger partial charge in [-0.3, -0.25) is 4.79 Å². The van der Waals surface area contributed by atoms with Crippen LogP contribution in [0.3, 0.4) is 0 Å². The number of amides is 1. The molecule has 0 aliphatic heterocycles. The first-order valence-electron chi connectivity index (χ1n) is 14.2. The van der Waals surface area contributed by atoms with Gasteiger partial charge in [-0.15, -0.1) is 0 Å². The SMILES string of the molecule is CC.CCc1ccc(CCCCN(CCNC(C)=O)CCC(Nc2nc3c(s2)C=CCC3)C(=O)O)nc1NC. The zero-order chi connectivity index (χ0) is 28.6. The Kier molecular flexibility index (Phi) is 14.5. The number of nitrogens with zero attached hydrogens (tertiary/aromatic N) is 3. The van der Waals surface area contributed by atoms with E-state index in [1.165, 1.54) is 23.8 Å². The first-order valence-corrected chi connectivity index (χ1v) is 15.0. The van der Waals surface area contributed by atoms with E-state index in [0.717, 1.165) is 67.2 Å². The number of thiazole rings is 1. The van der Waals surface area contributed by atoms with Crippen LogP contribution in [0.1, 0.15) is 75.2 Å². The fourth-order valence-corrected chi connectivity index (χ4v) is 5.39. The van der Waals surface area contributed by atoms with Crippen molar-refractivity contribution >= 4 is 40.2 Å². The van der Waals surface area contributed by atoms with Crippen LogP contribution >= 0.6 is 11.3 Å². The fraction of sp³-hybridized carbons (Fsp3) is 0.586. The van der Waals surface area contributed by atoms with E-state index in [1.807, 2.05) is 20.9 Å². The number of hydrogen-bond donors (Lipinski definition) is 4. The lowest BCUT2D eigenvalue weighted by molar-refractivity contribution is -0.138. The maximum atomic E-state index is 12.0. The van der Waals surface area contributed by atoms with E-state index in [4.69, 9.17) is 4.98 Å². The lowest BCUT2D eigenvalue weighted by atomic mass is 10.1. The van der Waals surface area contributed by atoms with Gasteiger partial charge >= 0.3 is 5.97 Å². The van der Waals surface area contributed by atoms with Crippen LogP contribution in [0, 0.1) is 0 Å². The number of aliphatic carboxylic acids is 1. The number of hydrogen-bond acceptors (Lipinski definition) is 8. The lowest BCUT2D eigenvalue weighted by Crippen LogP contribution is -2.39. The zero-order valence-electron chi connectivity index (χ0n) is 24.2. The average molecular weight is 559 g/mol. The number of anilines is 2. The number of rotatable bonds is 16. The Hall–Kier alpha value is -2.98. The van der Waals surface area contributed by atoms with Crippen LogP contribution in [0.5, 0.6) is 0 Å². The lowest BCUT2D eigenvalue weighted by Gasteiger charge is -2.24. The van der Waals surface area contributed by atoms with Crippen LogP contribution in [-0.2, 0) is 28.9 Å². The number of allylic oxidation sites excluding steroid dienone is 1. The van der Waals surface area contributed by atoms with Crippen molar-refractivity contribution in [3.63, 3.8) is 0 Å². The van der Waals surface area contributed by atoms with E-state index in [1.54, 1.807) is 0 Å². The number of carbonyl (C=O) groups is 2. The van der Waals surface area contributed by atoms with E-state index in [9.17, 15) is 14.7 Å². The van der Waals surface area contributed by atoms with Gasteiger partial charge in [0.15, 0.2) is 5.13 Å². The molecule has 1 aliphatic carbocycles. The van der Waals surface area contributed by atoms with E-state index in [0.29, 0.717) is 31.2 Å². The Morgan fingerprint density at radius 2 is 1.95 bits per heavy atom. The molecule has 0 aromatic carbocycles. The van der Waals surface area contributed by atoms with Crippen molar-refractivity contribution in [1.29, 1.82) is 0 Å². The van der Waals surface area contributed by atoms with Crippen LogP contribution < -0.4 is 16.0 Å². The number of carboxylic acid groups (broad SMARTS) is 1. The highest BCUT2D eigenvalue weighted by Crippen LogP contribution is 2.29. The molecule has 1 amide bonds. The van der Waals surface area contributed by atoms with Gasteiger partial charge in [0.25, 0.3) is 0 Å². The van der Waals surface area contributed by atoms with Crippen LogP contribution in [-0.4, -0.2) is 71.1 Å². The summed E-state index contributed by atoms with van der Waals surface area (Å²) in [6, 6.07) is 3.52. The highest BCUT2D eigenvalue weighted by atomic mass is 32.1. The summed E-state index contributed by atoms with van der Waals surface area (Å²) in [6.07, 6.45) is 10.3. The smallest absolute Gasteiger partial charge is 0.326 e. The molecule has 3 rings (SSSR count). The van der Waals surface area contributed by atoms with Crippen molar-refractivity contribution in [2.75, 3.05) is 43.9 Å². The topological polar surface area (TPSA) is 119 Å². The molecule has 2 aromatic heterocycles. The predicted molar refractivity (Wildman–Crippen MR) is 162 cm³/mol. The quantitative estimate of drug-likeness (QED) is 0.216. The van der Waals surface area contributed by atoms with Gasteiger partial charge in [0.05, 0.1) is 10.6 Å². The highest BCUT2D eigenvalue weighted by molar-refractivity contribution is 7.16. The second-order valence-corrected chi connectivity index (χ2v) is 10.3. The Balaban J connectivity index is 0.00000260.